The molecule has 2 aliphatic rings. The van der Waals surface area contributed by atoms with E-state index in [1.54, 1.807) is 0 Å². The van der Waals surface area contributed by atoms with Crippen molar-refractivity contribution >= 4 is 5.69 Å². The van der Waals surface area contributed by atoms with Gasteiger partial charge in [-0.05, 0) is 31.4 Å². The average molecular weight is 282 g/mol. The summed E-state index contributed by atoms with van der Waals surface area (Å²) >= 11 is 0. The summed E-state index contributed by atoms with van der Waals surface area (Å²) in [5.41, 5.74) is 6.80. The predicted molar refractivity (Wildman–Crippen MR) is 84.6 cm³/mol. The monoisotopic (exact) mass is 282 g/mol. The van der Waals surface area contributed by atoms with Crippen molar-refractivity contribution in [2.45, 2.75) is 38.8 Å². The minimum absolute atomic E-state index is 0.494. The summed E-state index contributed by atoms with van der Waals surface area (Å²) in [6.07, 6.45) is 5.32. The third kappa shape index (κ3) is 2.44. The third-order valence-corrected chi connectivity index (χ3v) is 4.71. The number of anilines is 1. The van der Waals surface area contributed by atoms with Gasteiger partial charge in [0.15, 0.2) is 0 Å². The quantitative estimate of drug-likeness (QED) is 0.887. The van der Waals surface area contributed by atoms with Crippen molar-refractivity contribution in [2.24, 2.45) is 0 Å². The van der Waals surface area contributed by atoms with Crippen molar-refractivity contribution in [1.29, 1.82) is 0 Å². The summed E-state index contributed by atoms with van der Waals surface area (Å²) in [5.74, 6) is 0. The van der Waals surface area contributed by atoms with Crippen LogP contribution in [0.5, 0.6) is 0 Å². The minimum Gasteiger partial charge on any atom is -0.370 e. The Labute approximate surface area is 125 Å². The Kier molecular flexibility index (Phi) is 3.19. The summed E-state index contributed by atoms with van der Waals surface area (Å²) < 4.78 is 0. The Morgan fingerprint density at radius 3 is 3.29 bits per heavy atom. The van der Waals surface area contributed by atoms with Crippen LogP contribution in [-0.2, 0) is 19.4 Å². The highest BCUT2D eigenvalue weighted by molar-refractivity contribution is 5.56. The standard InChI is InChI=1S/C17H22N4/c1-12-4-5-17-13(7-12)3-2-6-21(17)10-14-8-15-16(9-18-14)20-11-19-15/h4-5,7,11,14,18H,2-3,6,8-10H2,1H3,(H,19,20). The van der Waals surface area contributed by atoms with Crippen molar-refractivity contribution in [3.63, 3.8) is 0 Å². The average Bonchev–Trinajstić information content (AvgIpc) is 2.95. The van der Waals surface area contributed by atoms with E-state index in [9.17, 15) is 0 Å². The predicted octanol–water partition coefficient (Wildman–Crippen LogP) is 2.19. The fourth-order valence-electron chi connectivity index (χ4n) is 3.62. The molecule has 4 nitrogen and oxygen atoms in total. The lowest BCUT2D eigenvalue weighted by Crippen LogP contribution is -2.46. The third-order valence-electron chi connectivity index (χ3n) is 4.71. The van der Waals surface area contributed by atoms with Crippen LogP contribution in [0, 0.1) is 6.92 Å². The molecule has 1 atom stereocenters. The molecule has 0 saturated heterocycles. The molecule has 0 amide bonds. The van der Waals surface area contributed by atoms with Crippen molar-refractivity contribution < 1.29 is 0 Å². The number of aromatic nitrogens is 2. The van der Waals surface area contributed by atoms with Crippen LogP contribution in [0.2, 0.25) is 0 Å². The maximum Gasteiger partial charge on any atom is 0.0925 e. The Morgan fingerprint density at radius 1 is 1.38 bits per heavy atom. The number of H-pyrrole nitrogens is 1. The van der Waals surface area contributed by atoms with Gasteiger partial charge < -0.3 is 15.2 Å². The summed E-state index contributed by atoms with van der Waals surface area (Å²) in [6.45, 7) is 5.33. The molecule has 4 heteroatoms. The maximum absolute atomic E-state index is 4.44. The highest BCUT2D eigenvalue weighted by Crippen LogP contribution is 2.28. The molecule has 0 radical (unpaired) electrons. The largest absolute Gasteiger partial charge is 0.370 e. The van der Waals surface area contributed by atoms with E-state index in [0.717, 1.165) is 19.5 Å². The lowest BCUT2D eigenvalue weighted by Gasteiger charge is -2.35. The number of rotatable bonds is 2. The van der Waals surface area contributed by atoms with E-state index in [2.05, 4.69) is 45.3 Å². The smallest absolute Gasteiger partial charge is 0.0925 e. The van der Waals surface area contributed by atoms with Crippen LogP contribution >= 0.6 is 0 Å². The zero-order chi connectivity index (χ0) is 14.2. The first-order valence-corrected chi connectivity index (χ1v) is 7.88. The molecule has 3 heterocycles. The van der Waals surface area contributed by atoms with E-state index < -0.39 is 0 Å². The number of hydrogen-bond donors (Lipinski definition) is 2. The molecule has 0 spiro atoms. The molecule has 2 aliphatic heterocycles. The second-order valence-electron chi connectivity index (χ2n) is 6.29. The Morgan fingerprint density at radius 2 is 2.33 bits per heavy atom. The zero-order valence-corrected chi connectivity index (χ0v) is 12.5. The van der Waals surface area contributed by atoms with Crippen LogP contribution in [0.1, 0.15) is 28.9 Å². The highest BCUT2D eigenvalue weighted by Gasteiger charge is 2.24. The van der Waals surface area contributed by atoms with Crippen molar-refractivity contribution in [1.82, 2.24) is 15.3 Å². The van der Waals surface area contributed by atoms with Crippen LogP contribution < -0.4 is 10.2 Å². The molecule has 0 bridgehead atoms. The van der Waals surface area contributed by atoms with Gasteiger partial charge in [-0.25, -0.2) is 4.98 Å². The number of imidazole rings is 1. The molecular formula is C17H22N4. The number of hydrogen-bond acceptors (Lipinski definition) is 3. The van der Waals surface area contributed by atoms with Gasteiger partial charge in [-0.2, -0.15) is 0 Å². The van der Waals surface area contributed by atoms with Gasteiger partial charge in [0.2, 0.25) is 0 Å². The van der Waals surface area contributed by atoms with Crippen LogP contribution in [0.3, 0.4) is 0 Å². The van der Waals surface area contributed by atoms with Gasteiger partial charge in [0.05, 0.1) is 17.7 Å². The number of nitrogens with one attached hydrogen (secondary N) is 2. The first-order chi connectivity index (χ1) is 10.3. The molecule has 2 N–H and O–H groups in total. The summed E-state index contributed by atoms with van der Waals surface area (Å²) in [5, 5.41) is 3.64. The van der Waals surface area contributed by atoms with Gasteiger partial charge in [0.25, 0.3) is 0 Å². The first kappa shape index (κ1) is 12.9. The number of nitrogens with zero attached hydrogens (tertiary/aromatic N) is 2. The van der Waals surface area contributed by atoms with Crippen LogP contribution in [-0.4, -0.2) is 29.1 Å². The van der Waals surface area contributed by atoms with E-state index in [1.165, 1.54) is 47.6 Å². The van der Waals surface area contributed by atoms with Crippen molar-refractivity contribution in [3.05, 3.63) is 47.0 Å². The Balaban J connectivity index is 1.52. The SMILES string of the molecule is Cc1ccc2c(c1)CCCN2CC1Cc2nc[nH]c2CN1. The van der Waals surface area contributed by atoms with Gasteiger partial charge >= 0.3 is 0 Å². The van der Waals surface area contributed by atoms with E-state index in [0.29, 0.717) is 6.04 Å². The molecule has 21 heavy (non-hydrogen) atoms. The topological polar surface area (TPSA) is 44.0 Å². The normalized spacial score (nSPS) is 21.0. The van der Waals surface area contributed by atoms with Crippen LogP contribution in [0.15, 0.2) is 24.5 Å². The summed E-state index contributed by atoms with van der Waals surface area (Å²) in [7, 11) is 0. The molecular weight excluding hydrogens is 260 g/mol. The highest BCUT2D eigenvalue weighted by atomic mass is 15.2. The number of aryl methyl sites for hydroxylation is 2. The Bertz CT molecular complexity index is 646. The lowest BCUT2D eigenvalue weighted by atomic mass is 9.98. The van der Waals surface area contributed by atoms with Gasteiger partial charge in [-0.1, -0.05) is 17.7 Å². The Hall–Kier alpha value is -1.81. The molecule has 4 rings (SSSR count). The summed E-state index contributed by atoms with van der Waals surface area (Å²) in [4.78, 5) is 10.2. The lowest BCUT2D eigenvalue weighted by molar-refractivity contribution is 0.460. The van der Waals surface area contributed by atoms with E-state index in [-0.39, 0.29) is 0 Å². The van der Waals surface area contributed by atoms with Gasteiger partial charge in [0, 0.05) is 37.8 Å². The van der Waals surface area contributed by atoms with Gasteiger partial charge in [-0.15, -0.1) is 0 Å². The molecule has 1 unspecified atom stereocenters. The van der Waals surface area contributed by atoms with Gasteiger partial charge in [-0.3, -0.25) is 0 Å². The number of aromatic amines is 1. The second kappa shape index (κ2) is 5.19. The minimum atomic E-state index is 0.494. The van der Waals surface area contributed by atoms with Crippen molar-refractivity contribution in [3.8, 4) is 0 Å². The van der Waals surface area contributed by atoms with Crippen molar-refractivity contribution in [2.75, 3.05) is 18.0 Å². The summed E-state index contributed by atoms with van der Waals surface area (Å²) in [6, 6.07) is 7.37. The first-order valence-electron chi connectivity index (χ1n) is 7.88. The molecule has 110 valence electrons. The second-order valence-corrected chi connectivity index (χ2v) is 6.29. The fourth-order valence-corrected chi connectivity index (χ4v) is 3.62. The molecule has 0 aliphatic carbocycles. The number of benzene rings is 1. The van der Waals surface area contributed by atoms with E-state index in [1.807, 2.05) is 6.33 Å². The maximum atomic E-state index is 4.44. The van der Waals surface area contributed by atoms with E-state index in [4.69, 9.17) is 0 Å². The number of fused-ring (bicyclic) bond motifs is 2. The van der Waals surface area contributed by atoms with Crippen LogP contribution in [0.4, 0.5) is 5.69 Å². The molecule has 1 aromatic carbocycles. The molecule has 0 saturated carbocycles. The molecule has 0 fully saturated rings. The molecule has 1 aromatic heterocycles. The molecule has 2 aromatic rings. The van der Waals surface area contributed by atoms with Gasteiger partial charge in [0.1, 0.15) is 0 Å². The zero-order valence-electron chi connectivity index (χ0n) is 12.5. The fraction of sp³-hybridized carbons (Fsp3) is 0.471. The van der Waals surface area contributed by atoms with Crippen LogP contribution in [0.25, 0.3) is 0 Å². The van der Waals surface area contributed by atoms with E-state index >= 15 is 0 Å².